The Bertz CT molecular complexity index is 550. The lowest BCUT2D eigenvalue weighted by Crippen LogP contribution is -2.17. The zero-order valence-electron chi connectivity index (χ0n) is 11.6. The molecule has 1 fully saturated rings. The standard InChI is InChI=1S/C15H20N4/c1-11-7-8-14(9-16-11)19-10-12(2)17-15(19)18-13-5-3-4-6-13/h7-10,13H,3-6H2,1-2H3,(H,17,18). The molecule has 0 aromatic carbocycles. The van der Waals surface area contributed by atoms with Crippen molar-refractivity contribution < 1.29 is 0 Å². The maximum Gasteiger partial charge on any atom is 0.208 e. The summed E-state index contributed by atoms with van der Waals surface area (Å²) in [6, 6.07) is 4.69. The molecule has 4 nitrogen and oxygen atoms in total. The van der Waals surface area contributed by atoms with Crippen molar-refractivity contribution in [1.29, 1.82) is 0 Å². The fourth-order valence-electron chi connectivity index (χ4n) is 2.65. The van der Waals surface area contributed by atoms with Gasteiger partial charge in [0.2, 0.25) is 5.95 Å². The van der Waals surface area contributed by atoms with Gasteiger partial charge in [-0.25, -0.2) is 4.98 Å². The summed E-state index contributed by atoms with van der Waals surface area (Å²) in [5.41, 5.74) is 3.12. The molecule has 0 aliphatic heterocycles. The van der Waals surface area contributed by atoms with E-state index in [4.69, 9.17) is 0 Å². The minimum Gasteiger partial charge on any atom is -0.353 e. The summed E-state index contributed by atoms with van der Waals surface area (Å²) in [4.78, 5) is 8.96. The highest BCUT2D eigenvalue weighted by molar-refractivity contribution is 5.42. The first-order valence-corrected chi connectivity index (χ1v) is 6.98. The largest absolute Gasteiger partial charge is 0.353 e. The minimum absolute atomic E-state index is 0.568. The van der Waals surface area contributed by atoms with Crippen molar-refractivity contribution in [2.45, 2.75) is 45.6 Å². The second-order valence-electron chi connectivity index (χ2n) is 5.36. The fourth-order valence-corrected chi connectivity index (χ4v) is 2.65. The Labute approximate surface area is 113 Å². The lowest BCUT2D eigenvalue weighted by atomic mass is 10.2. The maximum absolute atomic E-state index is 4.60. The molecule has 2 aromatic heterocycles. The third kappa shape index (κ3) is 2.62. The van der Waals surface area contributed by atoms with Crippen LogP contribution in [-0.4, -0.2) is 20.6 Å². The molecule has 19 heavy (non-hydrogen) atoms. The highest BCUT2D eigenvalue weighted by atomic mass is 15.2. The van der Waals surface area contributed by atoms with Crippen LogP contribution in [0.1, 0.15) is 37.1 Å². The topological polar surface area (TPSA) is 42.7 Å². The number of anilines is 1. The van der Waals surface area contributed by atoms with E-state index in [1.54, 1.807) is 0 Å². The molecule has 0 radical (unpaired) electrons. The molecular weight excluding hydrogens is 236 g/mol. The number of nitrogens with zero attached hydrogens (tertiary/aromatic N) is 3. The summed E-state index contributed by atoms with van der Waals surface area (Å²) in [7, 11) is 0. The van der Waals surface area contributed by atoms with Crippen LogP contribution in [0.25, 0.3) is 5.69 Å². The molecule has 0 bridgehead atoms. The van der Waals surface area contributed by atoms with E-state index in [1.807, 2.05) is 26.1 Å². The molecular formula is C15H20N4. The molecule has 3 rings (SSSR count). The molecule has 0 atom stereocenters. The molecule has 2 aromatic rings. The third-order valence-electron chi connectivity index (χ3n) is 3.69. The predicted molar refractivity (Wildman–Crippen MR) is 76.7 cm³/mol. The van der Waals surface area contributed by atoms with E-state index >= 15 is 0 Å². The number of hydrogen-bond donors (Lipinski definition) is 1. The zero-order valence-corrected chi connectivity index (χ0v) is 11.6. The third-order valence-corrected chi connectivity index (χ3v) is 3.69. The number of hydrogen-bond acceptors (Lipinski definition) is 3. The van der Waals surface area contributed by atoms with Gasteiger partial charge in [0.15, 0.2) is 0 Å². The smallest absolute Gasteiger partial charge is 0.208 e. The number of imidazole rings is 1. The highest BCUT2D eigenvalue weighted by Crippen LogP contribution is 2.23. The van der Waals surface area contributed by atoms with Gasteiger partial charge in [0.25, 0.3) is 0 Å². The first kappa shape index (κ1) is 12.2. The van der Waals surface area contributed by atoms with Gasteiger partial charge in [0.1, 0.15) is 0 Å². The van der Waals surface area contributed by atoms with E-state index in [0.717, 1.165) is 23.0 Å². The van der Waals surface area contributed by atoms with Crippen LogP contribution in [0.15, 0.2) is 24.5 Å². The molecule has 2 heterocycles. The Hall–Kier alpha value is -1.84. The van der Waals surface area contributed by atoms with Crippen LogP contribution in [0.4, 0.5) is 5.95 Å². The van der Waals surface area contributed by atoms with Crippen LogP contribution in [0, 0.1) is 13.8 Å². The van der Waals surface area contributed by atoms with Gasteiger partial charge in [-0.15, -0.1) is 0 Å². The number of aryl methyl sites for hydroxylation is 2. The lowest BCUT2D eigenvalue weighted by Gasteiger charge is -2.14. The van der Waals surface area contributed by atoms with Gasteiger partial charge in [-0.2, -0.15) is 0 Å². The Morgan fingerprint density at radius 3 is 2.63 bits per heavy atom. The predicted octanol–water partition coefficient (Wildman–Crippen LogP) is 3.24. The van der Waals surface area contributed by atoms with E-state index in [0.29, 0.717) is 6.04 Å². The maximum atomic E-state index is 4.60. The van der Waals surface area contributed by atoms with E-state index in [1.165, 1.54) is 25.7 Å². The fraction of sp³-hybridized carbons (Fsp3) is 0.467. The molecule has 4 heteroatoms. The van der Waals surface area contributed by atoms with Crippen LogP contribution >= 0.6 is 0 Å². The van der Waals surface area contributed by atoms with Crippen LogP contribution < -0.4 is 5.32 Å². The van der Waals surface area contributed by atoms with Crippen molar-refractivity contribution in [2.75, 3.05) is 5.32 Å². The Morgan fingerprint density at radius 1 is 1.16 bits per heavy atom. The lowest BCUT2D eigenvalue weighted by molar-refractivity contribution is 0.740. The van der Waals surface area contributed by atoms with Gasteiger partial charge in [-0.3, -0.25) is 9.55 Å². The van der Waals surface area contributed by atoms with Crippen LogP contribution in [0.2, 0.25) is 0 Å². The first-order chi connectivity index (χ1) is 9.22. The van der Waals surface area contributed by atoms with Crippen LogP contribution in [0.5, 0.6) is 0 Å². The molecule has 1 saturated carbocycles. The van der Waals surface area contributed by atoms with Crippen molar-refractivity contribution in [1.82, 2.24) is 14.5 Å². The second kappa shape index (κ2) is 5.03. The summed E-state index contributed by atoms with van der Waals surface area (Å²) < 4.78 is 2.10. The number of aromatic nitrogens is 3. The quantitative estimate of drug-likeness (QED) is 0.916. The normalized spacial score (nSPS) is 15.9. The average Bonchev–Trinajstić information content (AvgIpc) is 3.01. The summed E-state index contributed by atoms with van der Waals surface area (Å²) in [5.74, 6) is 0.940. The Balaban J connectivity index is 1.89. The number of rotatable bonds is 3. The summed E-state index contributed by atoms with van der Waals surface area (Å²) in [5, 5.41) is 3.57. The van der Waals surface area contributed by atoms with Gasteiger partial charge >= 0.3 is 0 Å². The summed E-state index contributed by atoms with van der Waals surface area (Å²) >= 11 is 0. The van der Waals surface area contributed by atoms with Crippen molar-refractivity contribution >= 4 is 5.95 Å². The number of pyridine rings is 1. The van der Waals surface area contributed by atoms with Crippen molar-refractivity contribution in [3.63, 3.8) is 0 Å². The molecule has 0 spiro atoms. The van der Waals surface area contributed by atoms with Gasteiger partial charge in [-0.05, 0) is 38.8 Å². The molecule has 1 aliphatic carbocycles. The van der Waals surface area contributed by atoms with Gasteiger partial charge < -0.3 is 5.32 Å². The number of nitrogens with one attached hydrogen (secondary N) is 1. The van der Waals surface area contributed by atoms with Gasteiger partial charge in [0, 0.05) is 17.9 Å². The molecule has 1 N–H and O–H groups in total. The molecule has 0 unspecified atom stereocenters. The van der Waals surface area contributed by atoms with E-state index in [-0.39, 0.29) is 0 Å². The van der Waals surface area contributed by atoms with E-state index in [9.17, 15) is 0 Å². The summed E-state index contributed by atoms with van der Waals surface area (Å²) in [6.45, 7) is 4.03. The Kier molecular flexibility index (Phi) is 3.23. The van der Waals surface area contributed by atoms with Crippen LogP contribution in [0.3, 0.4) is 0 Å². The summed E-state index contributed by atoms with van der Waals surface area (Å²) in [6.07, 6.45) is 9.10. The van der Waals surface area contributed by atoms with E-state index in [2.05, 4.69) is 32.1 Å². The monoisotopic (exact) mass is 256 g/mol. The van der Waals surface area contributed by atoms with Gasteiger partial charge in [0.05, 0.1) is 17.6 Å². The van der Waals surface area contributed by atoms with Gasteiger partial charge in [-0.1, -0.05) is 12.8 Å². The van der Waals surface area contributed by atoms with E-state index < -0.39 is 0 Å². The average molecular weight is 256 g/mol. The van der Waals surface area contributed by atoms with Crippen molar-refractivity contribution in [2.24, 2.45) is 0 Å². The zero-order chi connectivity index (χ0) is 13.2. The molecule has 0 saturated heterocycles. The first-order valence-electron chi connectivity index (χ1n) is 6.98. The minimum atomic E-state index is 0.568. The Morgan fingerprint density at radius 2 is 1.95 bits per heavy atom. The SMILES string of the molecule is Cc1ccc(-n2cc(C)nc2NC2CCCC2)cn1. The second-order valence-corrected chi connectivity index (χ2v) is 5.36. The molecule has 1 aliphatic rings. The molecule has 0 amide bonds. The van der Waals surface area contributed by atoms with Crippen LogP contribution in [-0.2, 0) is 0 Å². The highest BCUT2D eigenvalue weighted by Gasteiger charge is 2.17. The van der Waals surface area contributed by atoms with Crippen molar-refractivity contribution in [3.8, 4) is 5.69 Å². The molecule has 100 valence electrons. The van der Waals surface area contributed by atoms with Crippen molar-refractivity contribution in [3.05, 3.63) is 35.9 Å².